The third-order valence-electron chi connectivity index (χ3n) is 4.98. The molecular formula is C24H23ClN2O6. The minimum absolute atomic E-state index is 0.0683. The van der Waals surface area contributed by atoms with Gasteiger partial charge in [-0.1, -0.05) is 11.6 Å². The number of anilines is 1. The Kier molecular flexibility index (Phi) is 8.28. The van der Waals surface area contributed by atoms with Gasteiger partial charge < -0.3 is 19.1 Å². The van der Waals surface area contributed by atoms with E-state index < -0.39 is 18.5 Å². The van der Waals surface area contributed by atoms with Crippen molar-refractivity contribution in [1.82, 2.24) is 0 Å². The lowest BCUT2D eigenvalue weighted by atomic mass is 10.1. The number of carbonyl (C=O) groups is 3. The van der Waals surface area contributed by atoms with E-state index in [1.807, 2.05) is 6.07 Å². The van der Waals surface area contributed by atoms with Crippen LogP contribution in [0.2, 0.25) is 5.02 Å². The molecule has 0 spiro atoms. The predicted molar refractivity (Wildman–Crippen MR) is 121 cm³/mol. The Bertz CT molecular complexity index is 1090. The first kappa shape index (κ1) is 24.1. The molecule has 3 rings (SSSR count). The van der Waals surface area contributed by atoms with Crippen LogP contribution < -0.4 is 14.4 Å². The maximum atomic E-state index is 12.7. The molecule has 0 fully saturated rings. The number of hydrogen-bond donors (Lipinski definition) is 0. The Hall–Kier alpha value is -3.57. The minimum atomic E-state index is -0.665. The van der Waals surface area contributed by atoms with Crippen LogP contribution in [0.4, 0.5) is 5.69 Å². The number of esters is 1. The van der Waals surface area contributed by atoms with Crippen molar-refractivity contribution >= 4 is 34.9 Å². The van der Waals surface area contributed by atoms with Gasteiger partial charge in [0.15, 0.2) is 23.9 Å². The molecular weight excluding hydrogens is 448 g/mol. The molecule has 0 atom stereocenters. The molecule has 0 bridgehead atoms. The highest BCUT2D eigenvalue weighted by atomic mass is 35.5. The number of ether oxygens (including phenoxy) is 3. The van der Waals surface area contributed by atoms with E-state index in [0.29, 0.717) is 41.0 Å². The van der Waals surface area contributed by atoms with E-state index in [-0.39, 0.29) is 31.6 Å². The van der Waals surface area contributed by atoms with Crippen molar-refractivity contribution in [3.63, 3.8) is 0 Å². The summed E-state index contributed by atoms with van der Waals surface area (Å²) in [5, 5.41) is 9.46. The number of hydrogen-bond acceptors (Lipinski definition) is 7. The van der Waals surface area contributed by atoms with E-state index >= 15 is 0 Å². The quantitative estimate of drug-likeness (QED) is 0.404. The second-order valence-corrected chi connectivity index (χ2v) is 7.74. The van der Waals surface area contributed by atoms with Crippen molar-refractivity contribution in [3.05, 3.63) is 52.5 Å². The number of aryl methyl sites for hydroxylation is 1. The molecule has 8 nitrogen and oxygen atoms in total. The molecule has 0 radical (unpaired) electrons. The molecule has 1 heterocycles. The van der Waals surface area contributed by atoms with Gasteiger partial charge in [-0.2, -0.15) is 5.26 Å². The van der Waals surface area contributed by atoms with Crippen LogP contribution in [0.1, 0.15) is 35.2 Å². The Labute approximate surface area is 196 Å². The Morgan fingerprint density at radius 2 is 1.85 bits per heavy atom. The normalized spacial score (nSPS) is 11.9. The smallest absolute Gasteiger partial charge is 0.306 e. The summed E-state index contributed by atoms with van der Waals surface area (Å²) >= 11 is 6.05. The monoisotopic (exact) mass is 470 g/mol. The van der Waals surface area contributed by atoms with Crippen LogP contribution in [0, 0.1) is 18.3 Å². The van der Waals surface area contributed by atoms with E-state index in [2.05, 4.69) is 0 Å². The average Bonchev–Trinajstić information content (AvgIpc) is 2.83. The molecule has 2 aromatic carbocycles. The van der Waals surface area contributed by atoms with Gasteiger partial charge in [0.05, 0.1) is 18.9 Å². The number of nitriles is 1. The zero-order valence-electron chi connectivity index (χ0n) is 18.1. The van der Waals surface area contributed by atoms with Crippen molar-refractivity contribution in [3.8, 4) is 17.6 Å². The summed E-state index contributed by atoms with van der Waals surface area (Å²) in [5.74, 6) is -0.314. The Morgan fingerprint density at radius 3 is 2.58 bits per heavy atom. The van der Waals surface area contributed by atoms with Crippen molar-refractivity contribution < 1.29 is 28.6 Å². The van der Waals surface area contributed by atoms with Gasteiger partial charge in [0.1, 0.15) is 13.2 Å². The van der Waals surface area contributed by atoms with Crippen molar-refractivity contribution in [2.45, 2.75) is 26.2 Å². The molecule has 1 aliphatic heterocycles. The molecule has 2 aromatic rings. The maximum absolute atomic E-state index is 12.7. The third-order valence-corrected chi connectivity index (χ3v) is 5.40. The average molecular weight is 471 g/mol. The number of amides is 1. The van der Waals surface area contributed by atoms with Crippen LogP contribution in [-0.4, -0.2) is 44.0 Å². The number of fused-ring (bicyclic) bond motifs is 1. The lowest BCUT2D eigenvalue weighted by Crippen LogP contribution is -2.35. The molecule has 33 heavy (non-hydrogen) atoms. The number of nitrogens with zero attached hydrogens (tertiary/aromatic N) is 2. The van der Waals surface area contributed by atoms with E-state index in [1.54, 1.807) is 43.3 Å². The number of benzene rings is 2. The number of halogens is 1. The lowest BCUT2D eigenvalue weighted by Gasteiger charge is -2.22. The van der Waals surface area contributed by atoms with Crippen LogP contribution in [0.3, 0.4) is 0 Å². The standard InChI is InChI=1S/C24H23ClN2O6/c1-16-13-18(4-5-19(16)25)27(10-2-9-26)23(29)15-33-24(30)8-6-20(28)17-3-7-21-22(14-17)32-12-11-31-21/h3-5,7,13-14H,2,6,8,10-12,15H2,1H3. The topological polar surface area (TPSA) is 106 Å². The van der Waals surface area contributed by atoms with Crippen LogP contribution in [0.5, 0.6) is 11.5 Å². The fourth-order valence-electron chi connectivity index (χ4n) is 3.23. The number of rotatable bonds is 9. The molecule has 1 amide bonds. The first-order chi connectivity index (χ1) is 15.9. The highest BCUT2D eigenvalue weighted by Gasteiger charge is 2.20. The molecule has 0 N–H and O–H groups in total. The largest absolute Gasteiger partial charge is 0.486 e. The highest BCUT2D eigenvalue weighted by molar-refractivity contribution is 6.31. The summed E-state index contributed by atoms with van der Waals surface area (Å²) in [5.41, 5.74) is 1.74. The van der Waals surface area contributed by atoms with Crippen LogP contribution in [0.15, 0.2) is 36.4 Å². The minimum Gasteiger partial charge on any atom is -0.486 e. The van der Waals surface area contributed by atoms with Crippen LogP contribution in [-0.2, 0) is 14.3 Å². The lowest BCUT2D eigenvalue weighted by molar-refractivity contribution is -0.147. The van der Waals surface area contributed by atoms with Gasteiger partial charge in [0.2, 0.25) is 0 Å². The summed E-state index contributed by atoms with van der Waals surface area (Å²) in [6.07, 6.45) is -0.120. The molecule has 0 unspecified atom stereocenters. The van der Waals surface area contributed by atoms with Crippen LogP contribution >= 0.6 is 11.6 Å². The van der Waals surface area contributed by atoms with Crippen LogP contribution in [0.25, 0.3) is 0 Å². The van der Waals surface area contributed by atoms with Crippen molar-refractivity contribution in [1.29, 1.82) is 5.26 Å². The summed E-state index contributed by atoms with van der Waals surface area (Å²) in [6.45, 7) is 2.32. The third kappa shape index (κ3) is 6.46. The molecule has 0 aromatic heterocycles. The van der Waals surface area contributed by atoms with Gasteiger partial charge in [-0.25, -0.2) is 0 Å². The van der Waals surface area contributed by atoms with Gasteiger partial charge in [0.25, 0.3) is 5.91 Å². The Balaban J connectivity index is 1.53. The van der Waals surface area contributed by atoms with E-state index in [9.17, 15) is 14.4 Å². The zero-order chi connectivity index (χ0) is 23.8. The van der Waals surface area contributed by atoms with E-state index in [0.717, 1.165) is 5.56 Å². The zero-order valence-corrected chi connectivity index (χ0v) is 18.9. The van der Waals surface area contributed by atoms with Crippen molar-refractivity contribution in [2.75, 3.05) is 31.3 Å². The molecule has 1 aliphatic rings. The van der Waals surface area contributed by atoms with E-state index in [1.165, 1.54) is 4.90 Å². The second kappa shape index (κ2) is 11.3. The first-order valence-corrected chi connectivity index (χ1v) is 10.8. The summed E-state index contributed by atoms with van der Waals surface area (Å²) in [4.78, 5) is 38.6. The van der Waals surface area contributed by atoms with Gasteiger partial charge in [-0.05, 0) is 48.9 Å². The molecule has 9 heteroatoms. The SMILES string of the molecule is Cc1cc(N(CCC#N)C(=O)COC(=O)CCC(=O)c2ccc3c(c2)OCCO3)ccc1Cl. The fraction of sp³-hybridized carbons (Fsp3) is 0.333. The van der Waals surface area contributed by atoms with Gasteiger partial charge in [-0.15, -0.1) is 0 Å². The number of Topliss-reactive ketones (excluding diaryl/α,β-unsaturated/α-hetero) is 1. The summed E-state index contributed by atoms with van der Waals surface area (Å²) in [7, 11) is 0. The Morgan fingerprint density at radius 1 is 1.09 bits per heavy atom. The van der Waals surface area contributed by atoms with Gasteiger partial charge in [0, 0.05) is 29.2 Å². The second-order valence-electron chi connectivity index (χ2n) is 7.33. The predicted octanol–water partition coefficient (Wildman–Crippen LogP) is 3.87. The first-order valence-electron chi connectivity index (χ1n) is 10.4. The number of ketones is 1. The van der Waals surface area contributed by atoms with Crippen molar-refractivity contribution in [2.24, 2.45) is 0 Å². The van der Waals surface area contributed by atoms with Gasteiger partial charge >= 0.3 is 5.97 Å². The molecule has 0 saturated carbocycles. The number of carbonyl (C=O) groups excluding carboxylic acids is 3. The van der Waals surface area contributed by atoms with Gasteiger partial charge in [-0.3, -0.25) is 14.4 Å². The molecule has 172 valence electrons. The molecule has 0 saturated heterocycles. The fourth-order valence-corrected chi connectivity index (χ4v) is 3.34. The maximum Gasteiger partial charge on any atom is 0.306 e. The molecule has 0 aliphatic carbocycles. The summed E-state index contributed by atoms with van der Waals surface area (Å²) < 4.78 is 16.0. The summed E-state index contributed by atoms with van der Waals surface area (Å²) in [6, 6.07) is 11.9. The highest BCUT2D eigenvalue weighted by Crippen LogP contribution is 2.31. The van der Waals surface area contributed by atoms with E-state index in [4.69, 9.17) is 31.1 Å².